The number of hydrogen-bond acceptors (Lipinski definition) is 0. The predicted molar refractivity (Wildman–Crippen MR) is 86.3 cm³/mol. The average Bonchev–Trinajstić information content (AvgIpc) is 2.51. The topological polar surface area (TPSA) is 0 Å². The van der Waals surface area contributed by atoms with E-state index in [1.807, 2.05) is 0 Å². The molecule has 0 aromatic rings. The number of hydrogen-bond donors (Lipinski definition) is 0. The maximum atomic E-state index is 1.66. The van der Waals surface area contributed by atoms with Crippen molar-refractivity contribution in [2.75, 3.05) is 0 Å². The molecule has 3 rings (SSSR count). The minimum atomic E-state index is -1.04. The first-order valence-electron chi connectivity index (χ1n) is 9.45. The van der Waals surface area contributed by atoms with Gasteiger partial charge in [0, 0.05) is 0 Å². The Labute approximate surface area is 126 Å². The number of rotatable bonds is 3. The van der Waals surface area contributed by atoms with Crippen molar-refractivity contribution in [2.24, 2.45) is 0 Å². The molecule has 0 heterocycles. The Morgan fingerprint density at radius 3 is 0.895 bits per heavy atom. The van der Waals surface area contributed by atoms with E-state index < -0.39 is 16.2 Å². The minimum absolute atomic E-state index is 1.04. The molecule has 3 fully saturated rings. The standard InChI is InChI=1S/3C6H11.Ga/c3*1-2-4-6-5-3-1;/h3*1H,2-6H2;. The van der Waals surface area contributed by atoms with Gasteiger partial charge < -0.3 is 0 Å². The van der Waals surface area contributed by atoms with Gasteiger partial charge in [0.15, 0.2) is 0 Å². The van der Waals surface area contributed by atoms with Crippen LogP contribution in [0.15, 0.2) is 0 Å². The molecule has 0 radical (unpaired) electrons. The molecule has 0 unspecified atom stereocenters. The Kier molecular flexibility index (Phi) is 5.82. The van der Waals surface area contributed by atoms with E-state index >= 15 is 0 Å². The molecule has 108 valence electrons. The second kappa shape index (κ2) is 7.59. The molecule has 0 N–H and O–H groups in total. The summed E-state index contributed by atoms with van der Waals surface area (Å²) < 4.78 is 3.94. The van der Waals surface area contributed by atoms with E-state index in [1.54, 1.807) is 96.3 Å². The summed E-state index contributed by atoms with van der Waals surface area (Å²) in [7, 11) is 0. The van der Waals surface area contributed by atoms with Crippen LogP contribution in [-0.2, 0) is 0 Å². The predicted octanol–water partition coefficient (Wildman–Crippen LogP) is 6.48. The molecular weight excluding hydrogens is 286 g/mol. The first-order valence-corrected chi connectivity index (χ1v) is 13.6. The molecule has 19 heavy (non-hydrogen) atoms. The zero-order valence-corrected chi connectivity index (χ0v) is 15.3. The van der Waals surface area contributed by atoms with Crippen LogP contribution < -0.4 is 0 Å². The van der Waals surface area contributed by atoms with Gasteiger partial charge in [0.05, 0.1) is 0 Å². The molecule has 3 aliphatic carbocycles. The zero-order valence-electron chi connectivity index (χ0n) is 12.9. The summed E-state index contributed by atoms with van der Waals surface area (Å²) in [6, 6.07) is 0. The van der Waals surface area contributed by atoms with Crippen molar-refractivity contribution in [3.63, 3.8) is 0 Å². The van der Waals surface area contributed by atoms with Gasteiger partial charge in [-0.25, -0.2) is 0 Å². The van der Waals surface area contributed by atoms with E-state index in [2.05, 4.69) is 0 Å². The Balaban J connectivity index is 1.68. The van der Waals surface area contributed by atoms with Gasteiger partial charge >= 0.3 is 126 Å². The van der Waals surface area contributed by atoms with E-state index in [-0.39, 0.29) is 0 Å². The molecule has 3 aliphatic rings. The third-order valence-electron chi connectivity index (χ3n) is 6.58. The molecule has 0 saturated heterocycles. The normalized spacial score (nSPS) is 28.4. The molecule has 0 bridgehead atoms. The van der Waals surface area contributed by atoms with Crippen LogP contribution in [0, 0.1) is 0 Å². The summed E-state index contributed by atoms with van der Waals surface area (Å²) >= 11 is -1.04. The van der Waals surface area contributed by atoms with Gasteiger partial charge in [-0.1, -0.05) is 0 Å². The molecule has 0 amide bonds. The monoisotopic (exact) mass is 318 g/mol. The van der Waals surface area contributed by atoms with Crippen molar-refractivity contribution in [3.8, 4) is 0 Å². The molecule has 0 nitrogen and oxygen atoms in total. The van der Waals surface area contributed by atoms with E-state index in [4.69, 9.17) is 0 Å². The van der Waals surface area contributed by atoms with Crippen molar-refractivity contribution in [1.29, 1.82) is 0 Å². The summed E-state index contributed by atoms with van der Waals surface area (Å²) in [6.07, 6.45) is 24.2. The fraction of sp³-hybridized carbons (Fsp3) is 1.00. The van der Waals surface area contributed by atoms with Crippen molar-refractivity contribution >= 4 is 16.2 Å². The van der Waals surface area contributed by atoms with Crippen molar-refractivity contribution in [2.45, 2.75) is 110 Å². The molecule has 3 saturated carbocycles. The third kappa shape index (κ3) is 3.84. The molecule has 0 atom stereocenters. The van der Waals surface area contributed by atoms with Crippen LogP contribution in [0.25, 0.3) is 0 Å². The van der Waals surface area contributed by atoms with Gasteiger partial charge in [-0.3, -0.25) is 0 Å². The van der Waals surface area contributed by atoms with Crippen LogP contribution in [0.3, 0.4) is 0 Å². The molecule has 0 aliphatic heterocycles. The SMILES string of the molecule is C1CC[CH]([Ga]([CH]2CCCCC2)[CH]2CCCCC2)CC1. The summed E-state index contributed by atoms with van der Waals surface area (Å²) in [4.78, 5) is 0. The first kappa shape index (κ1) is 14.6. The van der Waals surface area contributed by atoms with Crippen LogP contribution in [0.2, 0.25) is 13.4 Å². The van der Waals surface area contributed by atoms with Gasteiger partial charge in [-0.15, -0.1) is 0 Å². The van der Waals surface area contributed by atoms with E-state index in [1.165, 1.54) is 13.4 Å². The van der Waals surface area contributed by atoms with Gasteiger partial charge in [0.25, 0.3) is 0 Å². The van der Waals surface area contributed by atoms with E-state index in [0.717, 1.165) is 0 Å². The Morgan fingerprint density at radius 1 is 0.368 bits per heavy atom. The Bertz CT molecular complexity index is 202. The summed E-state index contributed by atoms with van der Waals surface area (Å²) in [5.41, 5.74) is 0. The molecule has 0 aromatic heterocycles. The molecule has 0 aromatic carbocycles. The van der Waals surface area contributed by atoms with Crippen LogP contribution in [-0.4, -0.2) is 16.2 Å². The summed E-state index contributed by atoms with van der Waals surface area (Å²) in [6.45, 7) is 0. The quantitative estimate of drug-likeness (QED) is 0.522. The van der Waals surface area contributed by atoms with Crippen molar-refractivity contribution < 1.29 is 0 Å². The van der Waals surface area contributed by atoms with Crippen molar-refractivity contribution in [3.05, 3.63) is 0 Å². The third-order valence-corrected chi connectivity index (χ3v) is 17.6. The Morgan fingerprint density at radius 2 is 0.632 bits per heavy atom. The molecule has 0 spiro atoms. The fourth-order valence-corrected chi connectivity index (χ4v) is 18.4. The fourth-order valence-electron chi connectivity index (χ4n) is 5.71. The molecule has 1 heteroatoms. The Hall–Kier alpha value is 0.636. The van der Waals surface area contributed by atoms with Crippen LogP contribution in [0.1, 0.15) is 96.3 Å². The van der Waals surface area contributed by atoms with E-state index in [0.29, 0.717) is 0 Å². The summed E-state index contributed by atoms with van der Waals surface area (Å²) in [5.74, 6) is 0. The van der Waals surface area contributed by atoms with Gasteiger partial charge in [-0.2, -0.15) is 0 Å². The van der Waals surface area contributed by atoms with Gasteiger partial charge in [0.1, 0.15) is 0 Å². The zero-order chi connectivity index (χ0) is 12.9. The van der Waals surface area contributed by atoms with Gasteiger partial charge in [-0.05, 0) is 0 Å². The molecular formula is C18H33Ga. The average molecular weight is 319 g/mol. The van der Waals surface area contributed by atoms with Crippen molar-refractivity contribution in [1.82, 2.24) is 0 Å². The van der Waals surface area contributed by atoms with Gasteiger partial charge in [0.2, 0.25) is 0 Å². The summed E-state index contributed by atoms with van der Waals surface area (Å²) in [5, 5.41) is 0. The first-order chi connectivity index (χ1) is 9.45. The second-order valence-electron chi connectivity index (χ2n) is 7.77. The van der Waals surface area contributed by atoms with Crippen LogP contribution in [0.4, 0.5) is 0 Å². The van der Waals surface area contributed by atoms with Crippen LogP contribution in [0.5, 0.6) is 0 Å². The van der Waals surface area contributed by atoms with Crippen LogP contribution >= 0.6 is 0 Å². The second-order valence-corrected chi connectivity index (χ2v) is 16.1. The van der Waals surface area contributed by atoms with E-state index in [9.17, 15) is 0 Å². The maximum absolute atomic E-state index is 1.66.